The quantitative estimate of drug-likeness (QED) is 0.0244. The summed E-state index contributed by atoms with van der Waals surface area (Å²) in [5.41, 5.74) is 0. The number of aliphatic hydroxyl groups excluding tert-OH is 1. The monoisotopic (exact) mass is 864 g/mol. The summed E-state index contributed by atoms with van der Waals surface area (Å²) in [5.74, 6) is -0.151. The zero-order chi connectivity index (χ0) is 44.3. The van der Waals surface area contributed by atoms with Crippen LogP contribution in [0.1, 0.15) is 206 Å². The number of hydrogen-bond acceptors (Lipinski definition) is 5. The molecular weight excluding hydrogens is 768 g/mol. The molecule has 0 aromatic rings. The van der Waals surface area contributed by atoms with Crippen molar-refractivity contribution in [1.29, 1.82) is 0 Å². The minimum absolute atomic E-state index is 0.0730. The van der Waals surface area contributed by atoms with Gasteiger partial charge in [0.05, 0.1) is 39.9 Å². The van der Waals surface area contributed by atoms with E-state index < -0.39 is 20.0 Å². The molecule has 0 bridgehead atoms. The van der Waals surface area contributed by atoms with Crippen molar-refractivity contribution in [1.82, 2.24) is 5.32 Å². The second kappa shape index (κ2) is 42.5. The second-order valence-electron chi connectivity index (χ2n) is 17.8. The van der Waals surface area contributed by atoms with E-state index in [1.54, 1.807) is 0 Å². The van der Waals surface area contributed by atoms with Crippen LogP contribution in [0.25, 0.3) is 0 Å². The number of aliphatic hydroxyl groups is 1. The van der Waals surface area contributed by atoms with E-state index in [2.05, 4.69) is 79.9 Å². The molecule has 3 unspecified atom stereocenters. The topological polar surface area (TPSA) is 105 Å². The van der Waals surface area contributed by atoms with Crippen molar-refractivity contribution in [3.8, 4) is 0 Å². The fraction of sp³-hybridized carbons (Fsp3) is 0.784. The van der Waals surface area contributed by atoms with E-state index in [9.17, 15) is 19.4 Å². The molecule has 0 saturated carbocycles. The Hall–Kier alpha value is -1.80. The normalized spacial score (nSPS) is 14.7. The van der Waals surface area contributed by atoms with E-state index in [4.69, 9.17) is 9.05 Å². The number of carbonyl (C=O) groups excluding carboxylic acids is 1. The van der Waals surface area contributed by atoms with Gasteiger partial charge >= 0.3 is 7.82 Å². The molecule has 0 spiro atoms. The average Bonchev–Trinajstić information content (AvgIpc) is 3.20. The largest absolute Gasteiger partial charge is 0.472 e. The van der Waals surface area contributed by atoms with Gasteiger partial charge in [0.15, 0.2) is 0 Å². The Balaban J connectivity index is 3.95. The standard InChI is InChI=1S/C51H95N2O6P/c1-6-8-10-12-14-15-16-17-18-19-20-21-22-23-24-25-26-27-28-29-30-31-32-33-34-35-36-37-39-41-43-45-51(55)52-49(50(54)44-42-40-38-13-11-9-7-2)48-59-60(56,57)58-47-46-53(3,4)5/h8,10,14-15,17-18,20-21,23-24,49-50,54H,6-7,9,11-13,16,19,22,25-48H2,1-5H3,(H-,52,55,56,57)/p+1/b10-8-,15-14-,18-17-,21-20-,24-23-. The second-order valence-corrected chi connectivity index (χ2v) is 19.3. The number of unbranched alkanes of at least 4 members (excludes halogenated alkanes) is 21. The number of quaternary nitrogens is 1. The van der Waals surface area contributed by atoms with Crippen LogP contribution in [-0.4, -0.2) is 73.4 Å². The number of nitrogens with zero attached hydrogens (tertiary/aromatic N) is 1. The lowest BCUT2D eigenvalue weighted by Gasteiger charge is -2.26. The van der Waals surface area contributed by atoms with E-state index >= 15 is 0 Å². The van der Waals surface area contributed by atoms with Gasteiger partial charge in [-0.3, -0.25) is 13.8 Å². The molecule has 0 saturated heterocycles. The van der Waals surface area contributed by atoms with Gasteiger partial charge in [-0.05, 0) is 57.8 Å². The van der Waals surface area contributed by atoms with Crippen LogP contribution >= 0.6 is 7.82 Å². The van der Waals surface area contributed by atoms with Crippen LogP contribution in [0.5, 0.6) is 0 Å². The van der Waals surface area contributed by atoms with E-state index in [-0.39, 0.29) is 19.1 Å². The van der Waals surface area contributed by atoms with E-state index in [0.717, 1.165) is 70.6 Å². The van der Waals surface area contributed by atoms with Crippen molar-refractivity contribution >= 4 is 13.7 Å². The minimum atomic E-state index is -4.31. The van der Waals surface area contributed by atoms with Crippen molar-refractivity contribution in [3.63, 3.8) is 0 Å². The third kappa shape index (κ3) is 44.3. The maximum atomic E-state index is 12.9. The summed E-state index contributed by atoms with van der Waals surface area (Å²) in [4.78, 5) is 23.1. The molecule has 60 heavy (non-hydrogen) atoms. The molecule has 0 heterocycles. The van der Waals surface area contributed by atoms with E-state index in [0.29, 0.717) is 23.9 Å². The van der Waals surface area contributed by atoms with Gasteiger partial charge in [0, 0.05) is 6.42 Å². The Bertz CT molecular complexity index is 1160. The highest BCUT2D eigenvalue weighted by molar-refractivity contribution is 7.47. The van der Waals surface area contributed by atoms with Crippen molar-refractivity contribution < 1.29 is 32.9 Å². The number of allylic oxidation sites excluding steroid dienone is 10. The third-order valence-corrected chi connectivity index (χ3v) is 11.8. The Morgan fingerprint density at radius 2 is 1.00 bits per heavy atom. The molecule has 0 aliphatic carbocycles. The first kappa shape index (κ1) is 58.2. The first-order chi connectivity index (χ1) is 29.0. The van der Waals surface area contributed by atoms with Crippen molar-refractivity contribution in [2.75, 3.05) is 40.9 Å². The molecule has 0 fully saturated rings. The van der Waals surface area contributed by atoms with E-state index in [1.165, 1.54) is 109 Å². The smallest absolute Gasteiger partial charge is 0.391 e. The Kier molecular flexibility index (Phi) is 41.2. The first-order valence-electron chi connectivity index (χ1n) is 24.7. The lowest BCUT2D eigenvalue weighted by molar-refractivity contribution is -0.870. The van der Waals surface area contributed by atoms with E-state index in [1.807, 2.05) is 21.1 Å². The zero-order valence-electron chi connectivity index (χ0n) is 39.7. The summed E-state index contributed by atoms with van der Waals surface area (Å²) in [6, 6.07) is -0.759. The Morgan fingerprint density at radius 3 is 1.47 bits per heavy atom. The number of rotatable bonds is 44. The van der Waals surface area contributed by atoms with Gasteiger partial charge in [0.1, 0.15) is 13.2 Å². The number of nitrogens with one attached hydrogen (secondary N) is 1. The highest BCUT2D eigenvalue weighted by Gasteiger charge is 2.28. The molecule has 0 aromatic carbocycles. The van der Waals surface area contributed by atoms with Crippen LogP contribution in [0.2, 0.25) is 0 Å². The summed E-state index contributed by atoms with van der Waals surface area (Å²) in [6.07, 6.45) is 55.8. The summed E-state index contributed by atoms with van der Waals surface area (Å²) >= 11 is 0. The summed E-state index contributed by atoms with van der Waals surface area (Å²) < 4.78 is 23.5. The van der Waals surface area contributed by atoms with Crippen LogP contribution in [0, 0.1) is 0 Å². The SMILES string of the molecule is CC/C=C\C/C=C\C/C=C\C/C=C\C/C=C\CCCCCCCCCCCCCCCCCC(=O)NC(COP(=O)(O)OCC[N+](C)(C)C)C(O)CCCCCCCCC. The Morgan fingerprint density at radius 1 is 0.583 bits per heavy atom. The molecule has 3 N–H and O–H groups in total. The molecular formula is C51H96N2O6P+. The van der Waals surface area contributed by atoms with Gasteiger partial charge in [-0.2, -0.15) is 0 Å². The van der Waals surface area contributed by atoms with Gasteiger partial charge in [0.2, 0.25) is 5.91 Å². The minimum Gasteiger partial charge on any atom is -0.391 e. The predicted octanol–water partition coefficient (Wildman–Crippen LogP) is 14.2. The molecule has 9 heteroatoms. The molecule has 0 radical (unpaired) electrons. The first-order valence-corrected chi connectivity index (χ1v) is 26.1. The maximum absolute atomic E-state index is 12.9. The van der Waals surface area contributed by atoms with Gasteiger partial charge in [-0.15, -0.1) is 0 Å². The lowest BCUT2D eigenvalue weighted by Crippen LogP contribution is -2.46. The van der Waals surface area contributed by atoms with Crippen LogP contribution in [0.4, 0.5) is 0 Å². The van der Waals surface area contributed by atoms with Crippen molar-refractivity contribution in [3.05, 3.63) is 60.8 Å². The number of phosphoric ester groups is 1. The number of carbonyl (C=O) groups is 1. The maximum Gasteiger partial charge on any atom is 0.472 e. The highest BCUT2D eigenvalue weighted by Crippen LogP contribution is 2.43. The molecule has 0 aliphatic rings. The number of phosphoric acid groups is 1. The fourth-order valence-corrected chi connectivity index (χ4v) is 7.63. The summed E-state index contributed by atoms with van der Waals surface area (Å²) in [5, 5.41) is 13.8. The van der Waals surface area contributed by atoms with Crippen LogP contribution in [-0.2, 0) is 18.4 Å². The molecule has 3 atom stereocenters. The Labute approximate surface area is 371 Å². The molecule has 1 amide bonds. The zero-order valence-corrected chi connectivity index (χ0v) is 40.6. The van der Waals surface area contributed by atoms with Gasteiger partial charge in [-0.1, -0.05) is 203 Å². The molecule has 8 nitrogen and oxygen atoms in total. The predicted molar refractivity (Wildman–Crippen MR) is 258 cm³/mol. The van der Waals surface area contributed by atoms with Crippen LogP contribution < -0.4 is 5.32 Å². The molecule has 0 rings (SSSR count). The molecule has 0 aromatic heterocycles. The van der Waals surface area contributed by atoms with Crippen LogP contribution in [0.15, 0.2) is 60.8 Å². The van der Waals surface area contributed by atoms with Gasteiger partial charge in [-0.25, -0.2) is 4.57 Å². The molecule has 350 valence electrons. The highest BCUT2D eigenvalue weighted by atomic mass is 31.2. The summed E-state index contributed by atoms with van der Waals surface area (Å²) in [7, 11) is 1.61. The van der Waals surface area contributed by atoms with Crippen molar-refractivity contribution in [2.24, 2.45) is 0 Å². The van der Waals surface area contributed by atoms with Gasteiger partial charge < -0.3 is 19.8 Å². The number of likely N-dealkylation sites (N-methyl/N-ethyl adjacent to an activating group) is 1. The number of amides is 1. The lowest BCUT2D eigenvalue weighted by atomic mass is 10.0. The van der Waals surface area contributed by atoms with Gasteiger partial charge in [0.25, 0.3) is 0 Å². The van der Waals surface area contributed by atoms with Crippen LogP contribution in [0.3, 0.4) is 0 Å². The fourth-order valence-electron chi connectivity index (χ4n) is 6.90. The summed E-state index contributed by atoms with van der Waals surface area (Å²) in [6.45, 7) is 4.72. The average molecular weight is 864 g/mol. The molecule has 0 aliphatic heterocycles. The van der Waals surface area contributed by atoms with Crippen molar-refractivity contribution in [2.45, 2.75) is 219 Å². The number of hydrogen-bond donors (Lipinski definition) is 3. The third-order valence-electron chi connectivity index (χ3n) is 10.8.